The Hall–Kier alpha value is -3.71. The number of carbonyl (C=O) groups excluding carboxylic acids is 3. The van der Waals surface area contributed by atoms with Crippen molar-refractivity contribution in [3.63, 3.8) is 0 Å². The van der Waals surface area contributed by atoms with Crippen LogP contribution < -0.4 is 10.6 Å². The highest BCUT2D eigenvalue weighted by atomic mass is 32.2. The predicted molar refractivity (Wildman–Crippen MR) is 127 cm³/mol. The maximum absolute atomic E-state index is 12.8. The molecule has 10 heteroatoms. The second-order valence-corrected chi connectivity index (χ2v) is 9.48. The molecule has 1 unspecified atom stereocenters. The van der Waals surface area contributed by atoms with Gasteiger partial charge in [-0.25, -0.2) is 9.97 Å². The van der Waals surface area contributed by atoms with Gasteiger partial charge in [-0.2, -0.15) is 5.26 Å². The second-order valence-electron chi connectivity index (χ2n) is 8.40. The number of rotatable bonds is 6. The molecule has 1 aromatic carbocycles. The number of carbonyl (C=O) groups is 3. The maximum atomic E-state index is 12.8. The van der Waals surface area contributed by atoms with E-state index in [1.165, 1.54) is 24.2 Å². The lowest BCUT2D eigenvalue weighted by Crippen LogP contribution is -2.32. The van der Waals surface area contributed by atoms with Crippen LogP contribution in [0.15, 0.2) is 41.6 Å². The molecular weight excluding hydrogens is 452 g/mol. The molecule has 0 spiro atoms. The second kappa shape index (κ2) is 10.1. The number of thioether (sulfide) groups is 1. The highest BCUT2D eigenvalue weighted by Crippen LogP contribution is 2.32. The summed E-state index contributed by atoms with van der Waals surface area (Å²) >= 11 is 1.45. The Morgan fingerprint density at radius 2 is 1.94 bits per heavy atom. The molecule has 1 aliphatic heterocycles. The number of nitriles is 1. The van der Waals surface area contributed by atoms with Gasteiger partial charge in [0.1, 0.15) is 17.7 Å². The van der Waals surface area contributed by atoms with Gasteiger partial charge in [0.15, 0.2) is 0 Å². The zero-order chi connectivity index (χ0) is 24.2. The molecule has 34 heavy (non-hydrogen) atoms. The van der Waals surface area contributed by atoms with Crippen LogP contribution in [-0.2, 0) is 11.2 Å². The minimum absolute atomic E-state index is 0.0458. The van der Waals surface area contributed by atoms with Gasteiger partial charge in [-0.1, -0.05) is 6.07 Å². The summed E-state index contributed by atoms with van der Waals surface area (Å²) in [5, 5.41) is 16.6. The van der Waals surface area contributed by atoms with Crippen molar-refractivity contribution in [3.05, 3.63) is 69.7 Å². The van der Waals surface area contributed by atoms with Gasteiger partial charge in [0, 0.05) is 26.7 Å². The number of amides is 3. The van der Waals surface area contributed by atoms with Gasteiger partial charge >= 0.3 is 0 Å². The normalized spacial score (nSPS) is 18.4. The number of hydrogen-bond acceptors (Lipinski definition) is 7. The molecule has 2 heterocycles. The summed E-state index contributed by atoms with van der Waals surface area (Å²) in [6.07, 6.45) is 3.29. The Bertz CT molecular complexity index is 1220. The van der Waals surface area contributed by atoms with Crippen molar-refractivity contribution in [2.45, 2.75) is 30.6 Å². The smallest absolute Gasteiger partial charge is 0.270 e. The van der Waals surface area contributed by atoms with Crippen molar-refractivity contribution in [3.8, 4) is 6.07 Å². The minimum Gasteiger partial charge on any atom is -0.348 e. The van der Waals surface area contributed by atoms with Crippen LogP contribution in [0.25, 0.3) is 0 Å². The molecule has 2 aliphatic rings. The summed E-state index contributed by atoms with van der Waals surface area (Å²) in [6, 6.07) is 8.80. The van der Waals surface area contributed by atoms with Crippen LogP contribution in [0.2, 0.25) is 0 Å². The Morgan fingerprint density at radius 3 is 2.68 bits per heavy atom. The molecule has 9 nitrogen and oxygen atoms in total. The molecule has 2 atom stereocenters. The molecule has 0 fully saturated rings. The highest BCUT2D eigenvalue weighted by Gasteiger charge is 2.27. The lowest BCUT2D eigenvalue weighted by atomic mass is 10.1. The highest BCUT2D eigenvalue weighted by molar-refractivity contribution is 8.03. The van der Waals surface area contributed by atoms with E-state index < -0.39 is 11.8 Å². The number of aryl methyl sites for hydroxylation is 1. The van der Waals surface area contributed by atoms with E-state index in [0.717, 1.165) is 29.5 Å². The fraction of sp³-hybridized carbons (Fsp3) is 0.333. The van der Waals surface area contributed by atoms with E-state index in [-0.39, 0.29) is 28.6 Å². The SMILES string of the molecule is CN(C)C(=O)C1CC(CNC(=O)c2cc(C(=O)N[C@H]3CCc4cc(C#N)ccc43)ncn2)=CS1. The summed E-state index contributed by atoms with van der Waals surface area (Å²) in [4.78, 5) is 47.1. The topological polar surface area (TPSA) is 128 Å². The minimum atomic E-state index is -0.417. The first-order chi connectivity index (χ1) is 16.4. The third kappa shape index (κ3) is 5.10. The summed E-state index contributed by atoms with van der Waals surface area (Å²) < 4.78 is 0. The van der Waals surface area contributed by atoms with Crippen molar-refractivity contribution in [1.29, 1.82) is 5.26 Å². The standard InChI is InChI=1S/C24H24N6O3S/c1-30(2)24(33)21-8-15(12-34-21)11-26-22(31)19-9-20(28-13-27-19)23(32)29-18-6-4-16-7-14(10-25)3-5-17(16)18/h3,5,7,9,12-13,18,21H,4,6,8,11H2,1-2H3,(H,26,31)(H,29,32)/t18-,21?/m0/s1. The fourth-order valence-corrected chi connectivity index (χ4v) is 5.19. The van der Waals surface area contributed by atoms with Gasteiger partial charge in [0.25, 0.3) is 11.8 Å². The van der Waals surface area contributed by atoms with Gasteiger partial charge < -0.3 is 15.5 Å². The van der Waals surface area contributed by atoms with Crippen LogP contribution >= 0.6 is 11.8 Å². The monoisotopic (exact) mass is 476 g/mol. The van der Waals surface area contributed by atoms with Crippen molar-refractivity contribution >= 4 is 29.5 Å². The Morgan fingerprint density at radius 1 is 1.18 bits per heavy atom. The molecular formula is C24H24N6O3S. The molecule has 174 valence electrons. The molecule has 1 aromatic heterocycles. The summed E-state index contributed by atoms with van der Waals surface area (Å²) in [5.74, 6) is -0.761. The largest absolute Gasteiger partial charge is 0.348 e. The Balaban J connectivity index is 1.34. The molecule has 4 rings (SSSR count). The van der Waals surface area contributed by atoms with Crippen LogP contribution in [0.4, 0.5) is 0 Å². The first-order valence-electron chi connectivity index (χ1n) is 10.8. The summed E-state index contributed by atoms with van der Waals surface area (Å²) in [5.41, 5.74) is 3.82. The van der Waals surface area contributed by atoms with Crippen molar-refractivity contribution in [2.24, 2.45) is 0 Å². The first-order valence-corrected chi connectivity index (χ1v) is 11.8. The number of hydrogen-bond donors (Lipinski definition) is 2. The van der Waals surface area contributed by atoms with Gasteiger partial charge in [-0.15, -0.1) is 11.8 Å². The van der Waals surface area contributed by atoms with E-state index in [0.29, 0.717) is 18.5 Å². The third-order valence-electron chi connectivity index (χ3n) is 5.83. The maximum Gasteiger partial charge on any atom is 0.270 e. The number of benzene rings is 1. The molecule has 0 bridgehead atoms. The van der Waals surface area contributed by atoms with Crippen LogP contribution in [0.3, 0.4) is 0 Å². The zero-order valence-corrected chi connectivity index (χ0v) is 19.7. The number of aromatic nitrogens is 2. The first kappa shape index (κ1) is 23.4. The summed E-state index contributed by atoms with van der Waals surface area (Å²) in [6.45, 7) is 0.304. The van der Waals surface area contributed by atoms with E-state index >= 15 is 0 Å². The van der Waals surface area contributed by atoms with Crippen LogP contribution in [-0.4, -0.2) is 58.5 Å². The van der Waals surface area contributed by atoms with Gasteiger partial charge in [0.2, 0.25) is 5.91 Å². The van der Waals surface area contributed by atoms with Crippen LogP contribution in [0.5, 0.6) is 0 Å². The van der Waals surface area contributed by atoms with E-state index in [4.69, 9.17) is 5.26 Å². The molecule has 2 N–H and O–H groups in total. The van der Waals surface area contributed by atoms with Crippen molar-refractivity contribution in [1.82, 2.24) is 25.5 Å². The number of nitrogens with one attached hydrogen (secondary N) is 2. The lowest BCUT2D eigenvalue weighted by Gasteiger charge is -2.15. The molecule has 0 saturated heterocycles. The van der Waals surface area contributed by atoms with Gasteiger partial charge in [-0.05, 0) is 53.5 Å². The van der Waals surface area contributed by atoms with Crippen LogP contribution in [0, 0.1) is 11.3 Å². The van der Waals surface area contributed by atoms with Crippen LogP contribution in [0.1, 0.15) is 56.6 Å². The van der Waals surface area contributed by atoms with E-state index in [1.807, 2.05) is 17.5 Å². The van der Waals surface area contributed by atoms with E-state index in [2.05, 4.69) is 26.7 Å². The lowest BCUT2D eigenvalue weighted by molar-refractivity contribution is -0.128. The Kier molecular flexibility index (Phi) is 6.93. The number of fused-ring (bicyclic) bond motifs is 1. The van der Waals surface area contributed by atoms with Gasteiger partial charge in [-0.3, -0.25) is 14.4 Å². The van der Waals surface area contributed by atoms with E-state index in [1.54, 1.807) is 25.1 Å². The summed E-state index contributed by atoms with van der Waals surface area (Å²) in [7, 11) is 3.45. The Labute approximate surface area is 201 Å². The molecule has 0 saturated carbocycles. The van der Waals surface area contributed by atoms with Crippen molar-refractivity contribution < 1.29 is 14.4 Å². The van der Waals surface area contributed by atoms with Gasteiger partial charge in [0.05, 0.1) is 22.9 Å². The molecule has 0 radical (unpaired) electrons. The molecule has 3 amide bonds. The third-order valence-corrected chi connectivity index (χ3v) is 6.99. The molecule has 2 aromatic rings. The van der Waals surface area contributed by atoms with E-state index in [9.17, 15) is 14.4 Å². The molecule has 1 aliphatic carbocycles. The fourth-order valence-electron chi connectivity index (χ4n) is 4.02. The number of nitrogens with zero attached hydrogens (tertiary/aromatic N) is 4. The predicted octanol–water partition coefficient (Wildman–Crippen LogP) is 1.97. The average molecular weight is 477 g/mol. The zero-order valence-electron chi connectivity index (χ0n) is 18.9. The van der Waals surface area contributed by atoms with Crippen molar-refractivity contribution in [2.75, 3.05) is 20.6 Å². The quantitative estimate of drug-likeness (QED) is 0.652. The average Bonchev–Trinajstić information content (AvgIpc) is 3.48.